The lowest BCUT2D eigenvalue weighted by Crippen LogP contribution is -2.23. The van der Waals surface area contributed by atoms with Crippen LogP contribution in [0.3, 0.4) is 0 Å². The zero-order valence-electron chi connectivity index (χ0n) is 10.6. The molecule has 1 fully saturated rings. The SMILES string of the molecule is O=C(O)C1CCC(COc2ccc(CCO)cc2)O1. The van der Waals surface area contributed by atoms with Crippen LogP contribution in [0.2, 0.25) is 0 Å². The van der Waals surface area contributed by atoms with Crippen LogP contribution in [0.25, 0.3) is 0 Å². The first kappa shape index (κ1) is 13.8. The number of carboxylic acids is 1. The van der Waals surface area contributed by atoms with Crippen molar-refractivity contribution in [2.24, 2.45) is 0 Å². The molecule has 1 aliphatic heterocycles. The van der Waals surface area contributed by atoms with Crippen LogP contribution in [0, 0.1) is 0 Å². The summed E-state index contributed by atoms with van der Waals surface area (Å²) in [6.07, 6.45) is 1.03. The van der Waals surface area contributed by atoms with Crippen molar-refractivity contribution in [1.82, 2.24) is 0 Å². The van der Waals surface area contributed by atoms with Crippen molar-refractivity contribution >= 4 is 5.97 Å². The lowest BCUT2D eigenvalue weighted by atomic mass is 10.1. The molecule has 5 nitrogen and oxygen atoms in total. The first-order valence-corrected chi connectivity index (χ1v) is 6.40. The van der Waals surface area contributed by atoms with Gasteiger partial charge in [0.15, 0.2) is 6.10 Å². The van der Waals surface area contributed by atoms with E-state index in [1.165, 1.54) is 0 Å². The monoisotopic (exact) mass is 266 g/mol. The van der Waals surface area contributed by atoms with Gasteiger partial charge in [0, 0.05) is 6.61 Å². The molecule has 2 N–H and O–H groups in total. The second-order valence-electron chi connectivity index (χ2n) is 4.59. The van der Waals surface area contributed by atoms with Gasteiger partial charge in [0.05, 0.1) is 6.10 Å². The molecule has 1 aliphatic rings. The lowest BCUT2D eigenvalue weighted by Gasteiger charge is -2.13. The Morgan fingerprint density at radius 2 is 2.05 bits per heavy atom. The maximum Gasteiger partial charge on any atom is 0.332 e. The molecule has 104 valence electrons. The second kappa shape index (κ2) is 6.54. The fourth-order valence-electron chi connectivity index (χ4n) is 2.08. The number of carboxylic acid groups (broad SMARTS) is 1. The zero-order valence-corrected chi connectivity index (χ0v) is 10.6. The van der Waals surface area contributed by atoms with Crippen molar-refractivity contribution < 1.29 is 24.5 Å². The number of aliphatic carboxylic acids is 1. The fraction of sp³-hybridized carbons (Fsp3) is 0.500. The molecule has 5 heteroatoms. The Kier molecular flexibility index (Phi) is 4.76. The van der Waals surface area contributed by atoms with Crippen LogP contribution in [0.15, 0.2) is 24.3 Å². The third kappa shape index (κ3) is 3.94. The van der Waals surface area contributed by atoms with Crippen LogP contribution in [-0.2, 0) is 16.0 Å². The van der Waals surface area contributed by atoms with E-state index in [1.54, 1.807) is 0 Å². The van der Waals surface area contributed by atoms with E-state index in [0.717, 1.165) is 11.3 Å². The summed E-state index contributed by atoms with van der Waals surface area (Å²) >= 11 is 0. The number of hydrogen-bond donors (Lipinski definition) is 2. The van der Waals surface area contributed by atoms with Crippen LogP contribution in [-0.4, -0.2) is 41.6 Å². The minimum Gasteiger partial charge on any atom is -0.491 e. The normalized spacial score (nSPS) is 22.4. The number of aliphatic hydroxyl groups excluding tert-OH is 1. The van der Waals surface area contributed by atoms with Crippen molar-refractivity contribution in [3.05, 3.63) is 29.8 Å². The van der Waals surface area contributed by atoms with Gasteiger partial charge in [-0.25, -0.2) is 4.79 Å². The van der Waals surface area contributed by atoms with E-state index in [4.69, 9.17) is 19.7 Å². The van der Waals surface area contributed by atoms with Gasteiger partial charge in [0.1, 0.15) is 12.4 Å². The topological polar surface area (TPSA) is 76.0 Å². The predicted molar refractivity (Wildman–Crippen MR) is 68.3 cm³/mol. The molecule has 2 unspecified atom stereocenters. The number of hydrogen-bond acceptors (Lipinski definition) is 4. The Bertz CT molecular complexity index is 414. The molecule has 1 saturated heterocycles. The fourth-order valence-corrected chi connectivity index (χ4v) is 2.08. The number of rotatable bonds is 6. The summed E-state index contributed by atoms with van der Waals surface area (Å²) in [5, 5.41) is 17.6. The molecule has 2 atom stereocenters. The van der Waals surface area contributed by atoms with Gasteiger partial charge in [-0.1, -0.05) is 12.1 Å². The van der Waals surface area contributed by atoms with Gasteiger partial charge in [-0.05, 0) is 37.0 Å². The minimum atomic E-state index is -0.907. The molecule has 19 heavy (non-hydrogen) atoms. The van der Waals surface area contributed by atoms with E-state index in [2.05, 4.69) is 0 Å². The van der Waals surface area contributed by atoms with Crippen LogP contribution in [0.4, 0.5) is 0 Å². The molecule has 1 aromatic carbocycles. The first-order chi connectivity index (χ1) is 9.19. The van der Waals surface area contributed by atoms with E-state index in [0.29, 0.717) is 25.9 Å². The minimum absolute atomic E-state index is 0.132. The van der Waals surface area contributed by atoms with Gasteiger partial charge in [0.2, 0.25) is 0 Å². The molecular formula is C14H18O5. The van der Waals surface area contributed by atoms with Crippen molar-refractivity contribution in [1.29, 1.82) is 0 Å². The first-order valence-electron chi connectivity index (χ1n) is 6.40. The number of benzene rings is 1. The lowest BCUT2D eigenvalue weighted by molar-refractivity contribution is -0.149. The van der Waals surface area contributed by atoms with Crippen LogP contribution in [0.1, 0.15) is 18.4 Å². The van der Waals surface area contributed by atoms with Crippen LogP contribution in [0.5, 0.6) is 5.75 Å². The summed E-state index contributed by atoms with van der Waals surface area (Å²) in [7, 11) is 0. The molecule has 2 rings (SSSR count). The van der Waals surface area contributed by atoms with Gasteiger partial charge >= 0.3 is 5.97 Å². The highest BCUT2D eigenvalue weighted by Gasteiger charge is 2.30. The zero-order chi connectivity index (χ0) is 13.7. The van der Waals surface area contributed by atoms with Gasteiger partial charge in [-0.15, -0.1) is 0 Å². The number of ether oxygens (including phenoxy) is 2. The van der Waals surface area contributed by atoms with E-state index < -0.39 is 12.1 Å². The van der Waals surface area contributed by atoms with Gasteiger partial charge < -0.3 is 19.7 Å². The summed E-state index contributed by atoms with van der Waals surface area (Å²) < 4.78 is 10.9. The smallest absolute Gasteiger partial charge is 0.332 e. The third-order valence-electron chi connectivity index (χ3n) is 3.14. The van der Waals surface area contributed by atoms with Gasteiger partial charge in [0.25, 0.3) is 0 Å². The Labute approximate surface area is 111 Å². The summed E-state index contributed by atoms with van der Waals surface area (Å²) in [5.74, 6) is -0.181. The molecule has 0 amide bonds. The van der Waals surface area contributed by atoms with Gasteiger partial charge in [-0.3, -0.25) is 0 Å². The molecule has 1 heterocycles. The van der Waals surface area contributed by atoms with Crippen molar-refractivity contribution in [3.8, 4) is 5.75 Å². The highest BCUT2D eigenvalue weighted by molar-refractivity contribution is 5.72. The molecule has 0 aromatic heterocycles. The largest absolute Gasteiger partial charge is 0.491 e. The van der Waals surface area contributed by atoms with Gasteiger partial charge in [-0.2, -0.15) is 0 Å². The van der Waals surface area contributed by atoms with Crippen molar-refractivity contribution in [2.45, 2.75) is 31.5 Å². The maximum atomic E-state index is 10.7. The molecule has 0 bridgehead atoms. The summed E-state index contributed by atoms with van der Waals surface area (Å²) in [5.41, 5.74) is 1.05. The Morgan fingerprint density at radius 1 is 1.32 bits per heavy atom. The van der Waals surface area contributed by atoms with E-state index >= 15 is 0 Å². The average Bonchev–Trinajstić information content (AvgIpc) is 2.87. The summed E-state index contributed by atoms with van der Waals surface area (Å²) in [6, 6.07) is 7.49. The molecule has 0 spiro atoms. The van der Waals surface area contributed by atoms with E-state index in [1.807, 2.05) is 24.3 Å². The van der Waals surface area contributed by atoms with E-state index in [9.17, 15) is 4.79 Å². The quantitative estimate of drug-likeness (QED) is 0.810. The van der Waals surface area contributed by atoms with Crippen molar-refractivity contribution in [2.75, 3.05) is 13.2 Å². The maximum absolute atomic E-state index is 10.7. The number of aliphatic hydroxyl groups is 1. The highest BCUT2D eigenvalue weighted by Crippen LogP contribution is 2.21. The predicted octanol–water partition coefficient (Wildman–Crippen LogP) is 1.23. The van der Waals surface area contributed by atoms with Crippen molar-refractivity contribution in [3.63, 3.8) is 0 Å². The van der Waals surface area contributed by atoms with Crippen LogP contribution >= 0.6 is 0 Å². The van der Waals surface area contributed by atoms with Crippen LogP contribution < -0.4 is 4.74 Å². The molecule has 0 saturated carbocycles. The Balaban J connectivity index is 1.78. The molecular weight excluding hydrogens is 248 g/mol. The standard InChI is InChI=1S/C14H18O5/c15-8-7-10-1-3-11(4-2-10)18-9-12-5-6-13(19-12)14(16)17/h1-4,12-13,15H,5-9H2,(H,16,17). The third-order valence-corrected chi connectivity index (χ3v) is 3.14. The summed E-state index contributed by atoms with van der Waals surface area (Å²) in [6.45, 7) is 0.496. The van der Waals surface area contributed by atoms with E-state index in [-0.39, 0.29) is 12.7 Å². The summed E-state index contributed by atoms with van der Waals surface area (Å²) in [4.78, 5) is 10.7. The molecule has 0 radical (unpaired) electrons. The second-order valence-corrected chi connectivity index (χ2v) is 4.59. The Morgan fingerprint density at radius 3 is 2.63 bits per heavy atom. The average molecular weight is 266 g/mol. The Hall–Kier alpha value is -1.59. The molecule has 1 aromatic rings. The number of carbonyl (C=O) groups is 1. The highest BCUT2D eigenvalue weighted by atomic mass is 16.6. The molecule has 0 aliphatic carbocycles.